The Morgan fingerprint density at radius 1 is 1.12 bits per heavy atom. The topological polar surface area (TPSA) is 12.0 Å². The Bertz CT molecular complexity index is 139. The van der Waals surface area contributed by atoms with Crippen LogP contribution in [0, 0.1) is 11.8 Å². The molecular weight excluding hydrogens is 218 g/mol. The molecule has 0 radical (unpaired) electrons. The van der Waals surface area contributed by atoms with E-state index in [1.807, 2.05) is 0 Å². The summed E-state index contributed by atoms with van der Waals surface area (Å²) in [6.07, 6.45) is 7.91. The van der Waals surface area contributed by atoms with Gasteiger partial charge >= 0.3 is 0 Å². The fourth-order valence-corrected chi connectivity index (χ4v) is 2.06. The van der Waals surface area contributed by atoms with Crippen molar-refractivity contribution in [3.8, 4) is 0 Å². The number of hydrogen-bond acceptors (Lipinski definition) is 1. The van der Waals surface area contributed by atoms with Gasteiger partial charge in [0.15, 0.2) is 0 Å². The van der Waals surface area contributed by atoms with Gasteiger partial charge in [-0.15, -0.1) is 11.6 Å². The van der Waals surface area contributed by atoms with Crippen LogP contribution in [0.4, 0.5) is 0 Å². The predicted octanol–water partition coefficient (Wildman–Crippen LogP) is 4.45. The van der Waals surface area contributed by atoms with Gasteiger partial charge in [0.25, 0.3) is 0 Å². The van der Waals surface area contributed by atoms with Crippen LogP contribution < -0.4 is 5.32 Å². The van der Waals surface area contributed by atoms with Crippen molar-refractivity contribution in [2.75, 3.05) is 19.0 Å². The maximum atomic E-state index is 5.77. The van der Waals surface area contributed by atoms with Gasteiger partial charge in [-0.25, -0.2) is 0 Å². The van der Waals surface area contributed by atoms with Crippen molar-refractivity contribution in [3.63, 3.8) is 0 Å². The van der Waals surface area contributed by atoms with Crippen LogP contribution >= 0.6 is 11.6 Å². The van der Waals surface area contributed by atoms with Gasteiger partial charge in [0, 0.05) is 5.88 Å². The first-order valence-corrected chi connectivity index (χ1v) is 7.54. The Morgan fingerprint density at radius 3 is 2.44 bits per heavy atom. The average molecular weight is 248 g/mol. The molecule has 0 rings (SSSR count). The van der Waals surface area contributed by atoms with Gasteiger partial charge in [-0.3, -0.25) is 0 Å². The van der Waals surface area contributed by atoms with Crippen LogP contribution in [0.5, 0.6) is 0 Å². The zero-order valence-corrected chi connectivity index (χ0v) is 12.2. The lowest BCUT2D eigenvalue weighted by molar-refractivity contribution is 0.412. The lowest BCUT2D eigenvalue weighted by Crippen LogP contribution is -2.24. The van der Waals surface area contributed by atoms with Gasteiger partial charge in [-0.1, -0.05) is 40.0 Å². The smallest absolute Gasteiger partial charge is 0.0249 e. The highest BCUT2D eigenvalue weighted by Crippen LogP contribution is 2.11. The SMILES string of the molecule is CCCCC(CC)CNCCCC(C)CCl. The molecule has 0 saturated carbocycles. The Morgan fingerprint density at radius 2 is 1.88 bits per heavy atom. The number of nitrogens with one attached hydrogen (secondary N) is 1. The number of unbranched alkanes of at least 4 members (excludes halogenated alkanes) is 1. The molecule has 0 fully saturated rings. The summed E-state index contributed by atoms with van der Waals surface area (Å²) >= 11 is 5.77. The zero-order valence-electron chi connectivity index (χ0n) is 11.4. The quantitative estimate of drug-likeness (QED) is 0.420. The Hall–Kier alpha value is 0.250. The standard InChI is InChI=1S/C14H30ClN/c1-4-6-9-14(5-2)12-16-10-7-8-13(3)11-15/h13-14,16H,4-12H2,1-3H3. The van der Waals surface area contributed by atoms with Crippen molar-refractivity contribution in [3.05, 3.63) is 0 Å². The molecule has 0 aliphatic rings. The van der Waals surface area contributed by atoms with Crippen molar-refractivity contribution in [2.45, 2.75) is 59.3 Å². The second-order valence-corrected chi connectivity index (χ2v) is 5.33. The normalized spacial score (nSPS) is 15.0. The monoisotopic (exact) mass is 247 g/mol. The van der Waals surface area contributed by atoms with E-state index in [-0.39, 0.29) is 0 Å². The van der Waals surface area contributed by atoms with Crippen LogP contribution in [0.2, 0.25) is 0 Å². The Kier molecular flexibility index (Phi) is 11.9. The molecule has 0 saturated heterocycles. The number of rotatable bonds is 11. The molecule has 1 N–H and O–H groups in total. The van der Waals surface area contributed by atoms with Crippen molar-refractivity contribution in [1.82, 2.24) is 5.32 Å². The summed E-state index contributed by atoms with van der Waals surface area (Å²) in [7, 11) is 0. The van der Waals surface area contributed by atoms with E-state index in [2.05, 4.69) is 26.1 Å². The maximum Gasteiger partial charge on any atom is 0.0249 e. The van der Waals surface area contributed by atoms with Crippen LogP contribution in [0.25, 0.3) is 0 Å². The summed E-state index contributed by atoms with van der Waals surface area (Å²) in [4.78, 5) is 0. The highest BCUT2D eigenvalue weighted by Gasteiger charge is 2.05. The Labute approximate surface area is 107 Å². The van der Waals surface area contributed by atoms with E-state index in [1.165, 1.54) is 45.1 Å². The minimum absolute atomic E-state index is 0.672. The highest BCUT2D eigenvalue weighted by molar-refractivity contribution is 6.18. The summed E-state index contributed by atoms with van der Waals surface area (Å²) < 4.78 is 0. The Balaban J connectivity index is 3.33. The fraction of sp³-hybridized carbons (Fsp3) is 1.00. The van der Waals surface area contributed by atoms with E-state index in [0.29, 0.717) is 5.92 Å². The number of alkyl halides is 1. The van der Waals surface area contributed by atoms with E-state index in [1.54, 1.807) is 0 Å². The van der Waals surface area contributed by atoms with Crippen molar-refractivity contribution in [1.29, 1.82) is 0 Å². The lowest BCUT2D eigenvalue weighted by atomic mass is 9.99. The summed E-state index contributed by atoms with van der Waals surface area (Å²) in [6.45, 7) is 9.16. The molecule has 0 amide bonds. The first-order valence-electron chi connectivity index (χ1n) is 7.01. The van der Waals surface area contributed by atoms with E-state index >= 15 is 0 Å². The van der Waals surface area contributed by atoms with Crippen molar-refractivity contribution >= 4 is 11.6 Å². The van der Waals surface area contributed by atoms with Gasteiger partial charge in [0.1, 0.15) is 0 Å². The minimum Gasteiger partial charge on any atom is -0.316 e. The summed E-state index contributed by atoms with van der Waals surface area (Å²) in [6, 6.07) is 0. The van der Waals surface area contributed by atoms with Crippen molar-refractivity contribution in [2.24, 2.45) is 11.8 Å². The molecule has 0 aliphatic heterocycles. The molecule has 16 heavy (non-hydrogen) atoms. The second-order valence-electron chi connectivity index (χ2n) is 5.02. The van der Waals surface area contributed by atoms with E-state index < -0.39 is 0 Å². The third-order valence-electron chi connectivity index (χ3n) is 3.29. The maximum absolute atomic E-state index is 5.77. The second kappa shape index (κ2) is 11.7. The molecule has 98 valence electrons. The summed E-state index contributed by atoms with van der Waals surface area (Å²) in [5.74, 6) is 2.35. The molecule has 0 bridgehead atoms. The van der Waals surface area contributed by atoms with Crippen LogP contribution in [0.15, 0.2) is 0 Å². The van der Waals surface area contributed by atoms with Crippen LogP contribution in [-0.4, -0.2) is 19.0 Å². The molecule has 1 nitrogen and oxygen atoms in total. The average Bonchev–Trinajstić information content (AvgIpc) is 2.32. The first-order chi connectivity index (χ1) is 7.74. The predicted molar refractivity (Wildman–Crippen MR) is 75.3 cm³/mol. The molecule has 2 unspecified atom stereocenters. The van der Waals surface area contributed by atoms with Crippen LogP contribution in [-0.2, 0) is 0 Å². The van der Waals surface area contributed by atoms with Gasteiger partial charge in [0.05, 0.1) is 0 Å². The van der Waals surface area contributed by atoms with E-state index in [0.717, 1.165) is 18.3 Å². The molecule has 0 spiro atoms. The molecule has 0 heterocycles. The number of halogens is 1. The zero-order chi connectivity index (χ0) is 12.2. The largest absolute Gasteiger partial charge is 0.316 e. The van der Waals surface area contributed by atoms with E-state index in [9.17, 15) is 0 Å². The molecule has 2 atom stereocenters. The van der Waals surface area contributed by atoms with Gasteiger partial charge in [0.2, 0.25) is 0 Å². The highest BCUT2D eigenvalue weighted by atomic mass is 35.5. The molecule has 0 aromatic carbocycles. The fourth-order valence-electron chi connectivity index (χ4n) is 1.90. The summed E-state index contributed by atoms with van der Waals surface area (Å²) in [5.41, 5.74) is 0. The van der Waals surface area contributed by atoms with Crippen LogP contribution in [0.1, 0.15) is 59.3 Å². The third-order valence-corrected chi connectivity index (χ3v) is 3.82. The third kappa shape index (κ3) is 9.47. The minimum atomic E-state index is 0.672. The number of hydrogen-bond donors (Lipinski definition) is 1. The van der Waals surface area contributed by atoms with E-state index in [4.69, 9.17) is 11.6 Å². The molecule has 0 aromatic heterocycles. The molecule has 2 heteroatoms. The van der Waals surface area contributed by atoms with Gasteiger partial charge in [-0.2, -0.15) is 0 Å². The van der Waals surface area contributed by atoms with Gasteiger partial charge < -0.3 is 5.32 Å². The molecule has 0 aromatic rings. The van der Waals surface area contributed by atoms with Crippen LogP contribution in [0.3, 0.4) is 0 Å². The van der Waals surface area contributed by atoms with Crippen molar-refractivity contribution < 1.29 is 0 Å². The van der Waals surface area contributed by atoms with Gasteiger partial charge in [-0.05, 0) is 44.2 Å². The molecule has 0 aliphatic carbocycles. The summed E-state index contributed by atoms with van der Waals surface area (Å²) in [5, 5.41) is 3.58. The lowest BCUT2D eigenvalue weighted by Gasteiger charge is -2.15. The molecular formula is C14H30ClN. The first kappa shape index (κ1) is 16.2.